The first-order chi connectivity index (χ1) is 13.0. The molecule has 4 nitrogen and oxygen atoms in total. The van der Waals surface area contributed by atoms with Gasteiger partial charge in [0.15, 0.2) is 5.78 Å². The van der Waals surface area contributed by atoms with Crippen molar-refractivity contribution in [1.82, 2.24) is 5.32 Å². The predicted molar refractivity (Wildman–Crippen MR) is 100 cm³/mol. The fourth-order valence-corrected chi connectivity index (χ4v) is 2.82. The minimum absolute atomic E-state index is 0.0865. The first-order valence-electron chi connectivity index (χ1n) is 8.77. The average molecular weight is 365 g/mol. The van der Waals surface area contributed by atoms with Gasteiger partial charge in [0.05, 0.1) is 11.8 Å². The molecule has 2 aromatic carbocycles. The van der Waals surface area contributed by atoms with Crippen molar-refractivity contribution in [2.24, 2.45) is 0 Å². The third-order valence-corrected chi connectivity index (χ3v) is 4.30. The normalized spacial score (nSPS) is 11.8. The van der Waals surface area contributed by atoms with Crippen molar-refractivity contribution >= 4 is 11.7 Å². The van der Waals surface area contributed by atoms with Crippen LogP contribution in [0.4, 0.5) is 4.39 Å². The van der Waals surface area contributed by atoms with Crippen LogP contribution in [0.5, 0.6) is 0 Å². The van der Waals surface area contributed by atoms with Gasteiger partial charge in [0.2, 0.25) is 0 Å². The Balaban J connectivity index is 1.71. The zero-order valence-electron chi connectivity index (χ0n) is 14.9. The topological polar surface area (TPSA) is 59.3 Å². The first-order valence-corrected chi connectivity index (χ1v) is 8.77. The van der Waals surface area contributed by atoms with E-state index < -0.39 is 5.82 Å². The molecule has 0 aliphatic heterocycles. The van der Waals surface area contributed by atoms with E-state index in [2.05, 4.69) is 5.32 Å². The maximum Gasteiger partial charge on any atom is 0.252 e. The number of benzene rings is 2. The van der Waals surface area contributed by atoms with Crippen molar-refractivity contribution in [2.45, 2.75) is 25.8 Å². The number of hydrogen-bond acceptors (Lipinski definition) is 3. The van der Waals surface area contributed by atoms with E-state index in [4.69, 9.17) is 4.42 Å². The fraction of sp³-hybridized carbons (Fsp3) is 0.182. The number of furan rings is 1. The van der Waals surface area contributed by atoms with Crippen molar-refractivity contribution in [2.75, 3.05) is 0 Å². The SMILES string of the molecule is CC(CCc1ccco1)NC(=O)c1ccccc1C(=O)c1ccc(F)cc1. The number of carbonyl (C=O) groups is 2. The van der Waals surface area contributed by atoms with E-state index in [9.17, 15) is 14.0 Å². The highest BCUT2D eigenvalue weighted by atomic mass is 19.1. The lowest BCUT2D eigenvalue weighted by Gasteiger charge is -2.15. The Morgan fingerprint density at radius 1 is 1.00 bits per heavy atom. The Morgan fingerprint density at radius 3 is 2.37 bits per heavy atom. The van der Waals surface area contributed by atoms with E-state index >= 15 is 0 Å². The predicted octanol–water partition coefficient (Wildman–Crippen LogP) is 4.40. The van der Waals surface area contributed by atoms with Crippen LogP contribution in [-0.2, 0) is 6.42 Å². The highest BCUT2D eigenvalue weighted by Gasteiger charge is 2.19. The Bertz CT molecular complexity index is 917. The molecule has 3 aromatic rings. The molecule has 0 aliphatic carbocycles. The van der Waals surface area contributed by atoms with Gasteiger partial charge in [0, 0.05) is 23.6 Å². The van der Waals surface area contributed by atoms with Crippen LogP contribution >= 0.6 is 0 Å². The van der Waals surface area contributed by atoms with E-state index in [1.54, 1.807) is 30.5 Å². The number of nitrogens with one attached hydrogen (secondary N) is 1. The van der Waals surface area contributed by atoms with Crippen molar-refractivity contribution in [3.8, 4) is 0 Å². The van der Waals surface area contributed by atoms with Crippen LogP contribution in [-0.4, -0.2) is 17.7 Å². The van der Waals surface area contributed by atoms with Crippen molar-refractivity contribution in [3.05, 3.63) is 95.2 Å². The summed E-state index contributed by atoms with van der Waals surface area (Å²) < 4.78 is 18.4. The van der Waals surface area contributed by atoms with Crippen molar-refractivity contribution < 1.29 is 18.4 Å². The standard InChI is InChI=1S/C22H20FNO3/c1-15(8-13-18-5-4-14-27-18)24-22(26)20-7-3-2-6-19(20)21(25)16-9-11-17(23)12-10-16/h2-7,9-12,14-15H,8,13H2,1H3,(H,24,26). The number of rotatable bonds is 7. The number of ketones is 1. The largest absolute Gasteiger partial charge is 0.469 e. The van der Waals surface area contributed by atoms with Gasteiger partial charge in [0.25, 0.3) is 5.91 Å². The summed E-state index contributed by atoms with van der Waals surface area (Å²) in [4.78, 5) is 25.4. The molecule has 0 radical (unpaired) electrons. The van der Waals surface area contributed by atoms with Crippen molar-refractivity contribution in [3.63, 3.8) is 0 Å². The summed E-state index contributed by atoms with van der Waals surface area (Å²) in [5, 5.41) is 2.92. The lowest BCUT2D eigenvalue weighted by Crippen LogP contribution is -2.33. The molecule has 1 amide bonds. The van der Waals surface area contributed by atoms with Crippen LogP contribution in [0.3, 0.4) is 0 Å². The minimum atomic E-state index is -0.414. The second-order valence-corrected chi connectivity index (χ2v) is 6.37. The van der Waals surface area contributed by atoms with Gasteiger partial charge in [0.1, 0.15) is 11.6 Å². The molecule has 1 heterocycles. The first kappa shape index (κ1) is 18.6. The summed E-state index contributed by atoms with van der Waals surface area (Å²) in [6, 6.07) is 15.6. The second-order valence-electron chi connectivity index (χ2n) is 6.37. The van der Waals surface area contributed by atoms with Gasteiger partial charge in [-0.2, -0.15) is 0 Å². The molecule has 0 spiro atoms. The summed E-state index contributed by atoms with van der Waals surface area (Å²) >= 11 is 0. The van der Waals surface area contributed by atoms with Gasteiger partial charge < -0.3 is 9.73 Å². The number of halogens is 1. The van der Waals surface area contributed by atoms with Gasteiger partial charge in [-0.1, -0.05) is 18.2 Å². The average Bonchev–Trinajstić information content (AvgIpc) is 3.20. The second kappa shape index (κ2) is 8.45. The number of amides is 1. The van der Waals surface area contributed by atoms with Crippen LogP contribution in [0.25, 0.3) is 0 Å². The number of carbonyl (C=O) groups excluding carboxylic acids is 2. The monoisotopic (exact) mass is 365 g/mol. The van der Waals surface area contributed by atoms with Crippen LogP contribution in [0.1, 0.15) is 45.4 Å². The summed E-state index contributed by atoms with van der Waals surface area (Å²) in [6.07, 6.45) is 3.05. The van der Waals surface area contributed by atoms with E-state index in [0.717, 1.165) is 5.76 Å². The summed E-state index contributed by atoms with van der Waals surface area (Å²) in [6.45, 7) is 1.91. The molecule has 0 aliphatic rings. The third kappa shape index (κ3) is 4.70. The molecule has 5 heteroatoms. The van der Waals surface area contributed by atoms with Crippen LogP contribution in [0, 0.1) is 5.82 Å². The Labute approximate surface area is 157 Å². The molecule has 3 rings (SSSR count). The van der Waals surface area contributed by atoms with Gasteiger partial charge >= 0.3 is 0 Å². The maximum atomic E-state index is 13.1. The molecular formula is C22H20FNO3. The van der Waals surface area contributed by atoms with Gasteiger partial charge in [-0.3, -0.25) is 9.59 Å². The summed E-state index contributed by atoms with van der Waals surface area (Å²) in [7, 11) is 0. The summed E-state index contributed by atoms with van der Waals surface area (Å²) in [5.41, 5.74) is 0.930. The van der Waals surface area contributed by atoms with E-state index in [1.165, 1.54) is 24.3 Å². The van der Waals surface area contributed by atoms with Crippen LogP contribution < -0.4 is 5.32 Å². The summed E-state index contributed by atoms with van der Waals surface area (Å²) in [5.74, 6) is -0.178. The Kier molecular flexibility index (Phi) is 5.81. The minimum Gasteiger partial charge on any atom is -0.469 e. The zero-order valence-corrected chi connectivity index (χ0v) is 14.9. The third-order valence-electron chi connectivity index (χ3n) is 4.30. The molecule has 1 unspecified atom stereocenters. The molecule has 0 fully saturated rings. The maximum absolute atomic E-state index is 13.1. The smallest absolute Gasteiger partial charge is 0.252 e. The quantitative estimate of drug-likeness (QED) is 0.631. The zero-order chi connectivity index (χ0) is 19.2. The lowest BCUT2D eigenvalue weighted by molar-refractivity contribution is 0.0928. The van der Waals surface area contributed by atoms with Gasteiger partial charge in [-0.25, -0.2) is 4.39 Å². The molecule has 1 atom stereocenters. The molecule has 1 aromatic heterocycles. The lowest BCUT2D eigenvalue weighted by atomic mass is 9.97. The van der Waals surface area contributed by atoms with Gasteiger partial charge in [-0.05, 0) is 55.8 Å². The number of aryl methyl sites for hydroxylation is 1. The van der Waals surface area contributed by atoms with Crippen LogP contribution in [0.15, 0.2) is 71.3 Å². The Hall–Kier alpha value is -3.21. The fourth-order valence-electron chi connectivity index (χ4n) is 2.82. The molecule has 0 saturated carbocycles. The van der Waals surface area contributed by atoms with E-state index in [0.29, 0.717) is 29.5 Å². The highest BCUT2D eigenvalue weighted by Crippen LogP contribution is 2.16. The molecule has 1 N–H and O–H groups in total. The molecule has 138 valence electrons. The van der Waals surface area contributed by atoms with Crippen LogP contribution in [0.2, 0.25) is 0 Å². The molecule has 27 heavy (non-hydrogen) atoms. The highest BCUT2D eigenvalue weighted by molar-refractivity contribution is 6.15. The molecule has 0 bridgehead atoms. The molecule has 0 saturated heterocycles. The number of hydrogen-bond donors (Lipinski definition) is 1. The van der Waals surface area contributed by atoms with E-state index in [-0.39, 0.29) is 17.7 Å². The Morgan fingerprint density at radius 2 is 1.70 bits per heavy atom. The molecular weight excluding hydrogens is 345 g/mol. The van der Waals surface area contributed by atoms with Gasteiger partial charge in [-0.15, -0.1) is 0 Å². The van der Waals surface area contributed by atoms with E-state index in [1.807, 2.05) is 19.1 Å². The van der Waals surface area contributed by atoms with Crippen molar-refractivity contribution in [1.29, 1.82) is 0 Å².